The van der Waals surface area contributed by atoms with Gasteiger partial charge in [-0.3, -0.25) is 9.59 Å². The summed E-state index contributed by atoms with van der Waals surface area (Å²) in [4.78, 5) is 28.0. The fourth-order valence-electron chi connectivity index (χ4n) is 1.34. The second-order valence-corrected chi connectivity index (χ2v) is 3.80. The number of nitrogens with zero attached hydrogens (tertiary/aromatic N) is 3. The lowest BCUT2D eigenvalue weighted by Gasteiger charge is -2.32. The third-order valence-corrected chi connectivity index (χ3v) is 2.38. The summed E-state index contributed by atoms with van der Waals surface area (Å²) < 4.78 is 0. The summed E-state index contributed by atoms with van der Waals surface area (Å²) in [6.45, 7) is 2.97. The van der Waals surface area contributed by atoms with Gasteiger partial charge in [0.05, 0.1) is 0 Å². The van der Waals surface area contributed by atoms with Crippen molar-refractivity contribution in [3.05, 3.63) is 0 Å². The third kappa shape index (κ3) is 2.45. The molecule has 0 bridgehead atoms. The van der Waals surface area contributed by atoms with E-state index < -0.39 is 5.91 Å². The number of hydrogen-bond donors (Lipinski definition) is 0. The first-order valence-corrected chi connectivity index (χ1v) is 4.71. The number of rotatable bonds is 0. The van der Waals surface area contributed by atoms with Gasteiger partial charge in [-0.15, -0.1) is 0 Å². The lowest BCUT2D eigenvalue weighted by molar-refractivity contribution is -0.151. The number of hydrogen-bond acceptors (Lipinski definition) is 3. The van der Waals surface area contributed by atoms with Crippen molar-refractivity contribution < 1.29 is 9.59 Å². The van der Waals surface area contributed by atoms with Gasteiger partial charge in [0.1, 0.15) is 0 Å². The zero-order valence-corrected chi connectivity index (χ0v) is 8.99. The summed E-state index contributed by atoms with van der Waals surface area (Å²) in [5.74, 6) is -0.822. The van der Waals surface area contributed by atoms with E-state index in [9.17, 15) is 9.59 Å². The first-order valence-electron chi connectivity index (χ1n) is 4.71. The van der Waals surface area contributed by atoms with Crippen LogP contribution in [0.5, 0.6) is 0 Å². The Morgan fingerprint density at radius 3 is 2.00 bits per heavy atom. The van der Waals surface area contributed by atoms with Crippen LogP contribution in [-0.2, 0) is 9.59 Å². The molecule has 0 N–H and O–H groups in total. The van der Waals surface area contributed by atoms with Crippen LogP contribution in [0, 0.1) is 0 Å². The maximum absolute atomic E-state index is 11.6. The highest BCUT2D eigenvalue weighted by Gasteiger charge is 2.25. The second-order valence-electron chi connectivity index (χ2n) is 3.80. The fourth-order valence-corrected chi connectivity index (χ4v) is 1.34. The molecular formula is C9H17N3O2. The van der Waals surface area contributed by atoms with Gasteiger partial charge in [-0.1, -0.05) is 0 Å². The molecule has 5 nitrogen and oxygen atoms in total. The van der Waals surface area contributed by atoms with Crippen LogP contribution in [0.25, 0.3) is 0 Å². The molecule has 0 aliphatic carbocycles. The first kappa shape index (κ1) is 11.0. The molecule has 0 saturated carbocycles. The topological polar surface area (TPSA) is 43.9 Å². The van der Waals surface area contributed by atoms with Gasteiger partial charge in [0.15, 0.2) is 0 Å². The lowest BCUT2D eigenvalue weighted by atomic mass is 10.3. The average Bonchev–Trinajstić information content (AvgIpc) is 2.16. The summed E-state index contributed by atoms with van der Waals surface area (Å²) in [7, 11) is 5.20. The van der Waals surface area contributed by atoms with Crippen molar-refractivity contribution in [3.63, 3.8) is 0 Å². The Kier molecular flexibility index (Phi) is 3.46. The quantitative estimate of drug-likeness (QED) is 0.463. The predicted molar refractivity (Wildman–Crippen MR) is 52.8 cm³/mol. The van der Waals surface area contributed by atoms with Crippen molar-refractivity contribution >= 4 is 11.8 Å². The zero-order valence-electron chi connectivity index (χ0n) is 8.99. The summed E-state index contributed by atoms with van der Waals surface area (Å²) >= 11 is 0. The Hall–Kier alpha value is -1.10. The van der Waals surface area contributed by atoms with Crippen molar-refractivity contribution in [2.75, 3.05) is 47.3 Å². The van der Waals surface area contributed by atoms with E-state index >= 15 is 0 Å². The molecule has 0 radical (unpaired) electrons. The molecule has 0 aromatic carbocycles. The molecule has 0 spiro atoms. The van der Waals surface area contributed by atoms with Crippen LogP contribution in [0.4, 0.5) is 0 Å². The van der Waals surface area contributed by atoms with Crippen LogP contribution in [0.15, 0.2) is 0 Å². The molecule has 0 aromatic heterocycles. The van der Waals surface area contributed by atoms with E-state index in [-0.39, 0.29) is 5.91 Å². The summed E-state index contributed by atoms with van der Waals surface area (Å²) in [6, 6.07) is 0. The van der Waals surface area contributed by atoms with E-state index in [1.807, 2.05) is 7.05 Å². The molecule has 1 aliphatic rings. The minimum absolute atomic E-state index is 0.386. The highest BCUT2D eigenvalue weighted by Crippen LogP contribution is 2.00. The highest BCUT2D eigenvalue weighted by molar-refractivity contribution is 6.34. The molecule has 0 unspecified atom stereocenters. The average molecular weight is 199 g/mol. The SMILES string of the molecule is CN1CCN(C(=O)C(=O)N(C)C)CC1. The molecule has 1 saturated heterocycles. The molecule has 1 heterocycles. The molecule has 5 heteroatoms. The van der Waals surface area contributed by atoms with Crippen molar-refractivity contribution in [3.8, 4) is 0 Å². The van der Waals surface area contributed by atoms with E-state index in [2.05, 4.69) is 4.90 Å². The van der Waals surface area contributed by atoms with Crippen LogP contribution >= 0.6 is 0 Å². The number of amides is 2. The van der Waals surface area contributed by atoms with Crippen LogP contribution < -0.4 is 0 Å². The van der Waals surface area contributed by atoms with Gasteiger partial charge in [-0.05, 0) is 7.05 Å². The lowest BCUT2D eigenvalue weighted by Crippen LogP contribution is -2.51. The maximum atomic E-state index is 11.6. The Bertz CT molecular complexity index is 232. The zero-order chi connectivity index (χ0) is 10.7. The minimum atomic E-state index is -0.436. The second kappa shape index (κ2) is 4.41. The first-order chi connectivity index (χ1) is 6.52. The van der Waals surface area contributed by atoms with Crippen molar-refractivity contribution in [2.45, 2.75) is 0 Å². The van der Waals surface area contributed by atoms with E-state index in [4.69, 9.17) is 0 Å². The minimum Gasteiger partial charge on any atom is -0.341 e. The van der Waals surface area contributed by atoms with Crippen molar-refractivity contribution in [1.82, 2.24) is 14.7 Å². The monoisotopic (exact) mass is 199 g/mol. The molecule has 0 atom stereocenters. The Morgan fingerprint density at radius 1 is 1.07 bits per heavy atom. The van der Waals surface area contributed by atoms with Gasteiger partial charge < -0.3 is 14.7 Å². The predicted octanol–water partition coefficient (Wildman–Crippen LogP) is -1.15. The third-order valence-electron chi connectivity index (χ3n) is 2.38. The van der Waals surface area contributed by atoms with Crippen LogP contribution in [0.1, 0.15) is 0 Å². The van der Waals surface area contributed by atoms with E-state index in [1.165, 1.54) is 4.90 Å². The number of carbonyl (C=O) groups excluding carboxylic acids is 2. The number of piperazine rings is 1. The standard InChI is InChI=1S/C9H17N3O2/c1-10(2)8(13)9(14)12-6-4-11(3)5-7-12/h4-7H2,1-3H3. The maximum Gasteiger partial charge on any atom is 0.312 e. The van der Waals surface area contributed by atoms with E-state index in [1.54, 1.807) is 19.0 Å². The number of likely N-dealkylation sites (N-methyl/N-ethyl adjacent to an activating group) is 2. The molecule has 80 valence electrons. The molecule has 14 heavy (non-hydrogen) atoms. The van der Waals surface area contributed by atoms with Gasteiger partial charge >= 0.3 is 11.8 Å². The van der Waals surface area contributed by atoms with Gasteiger partial charge in [0.2, 0.25) is 0 Å². The van der Waals surface area contributed by atoms with E-state index in [0.717, 1.165) is 13.1 Å². The van der Waals surface area contributed by atoms with Crippen LogP contribution in [-0.4, -0.2) is 73.8 Å². The smallest absolute Gasteiger partial charge is 0.312 e. The summed E-state index contributed by atoms with van der Waals surface area (Å²) in [6.07, 6.45) is 0. The Morgan fingerprint density at radius 2 is 1.57 bits per heavy atom. The number of carbonyl (C=O) groups is 2. The van der Waals surface area contributed by atoms with Crippen molar-refractivity contribution in [2.24, 2.45) is 0 Å². The van der Waals surface area contributed by atoms with E-state index in [0.29, 0.717) is 13.1 Å². The summed E-state index contributed by atoms with van der Waals surface area (Å²) in [5, 5.41) is 0. The van der Waals surface area contributed by atoms with Gasteiger partial charge in [0.25, 0.3) is 0 Å². The molecule has 1 rings (SSSR count). The fraction of sp³-hybridized carbons (Fsp3) is 0.778. The van der Waals surface area contributed by atoms with Gasteiger partial charge in [-0.2, -0.15) is 0 Å². The summed E-state index contributed by atoms with van der Waals surface area (Å²) in [5.41, 5.74) is 0. The largest absolute Gasteiger partial charge is 0.341 e. The Balaban J connectivity index is 2.50. The molecule has 1 aliphatic heterocycles. The Labute approximate surface area is 84.3 Å². The van der Waals surface area contributed by atoms with Crippen molar-refractivity contribution in [1.29, 1.82) is 0 Å². The van der Waals surface area contributed by atoms with Crippen LogP contribution in [0.2, 0.25) is 0 Å². The molecule has 0 aromatic rings. The molecule has 2 amide bonds. The highest BCUT2D eigenvalue weighted by atomic mass is 16.2. The normalized spacial score (nSPS) is 18.1. The molecular weight excluding hydrogens is 182 g/mol. The van der Waals surface area contributed by atoms with Gasteiger partial charge in [0, 0.05) is 40.3 Å². The van der Waals surface area contributed by atoms with Crippen LogP contribution in [0.3, 0.4) is 0 Å². The molecule has 1 fully saturated rings. The van der Waals surface area contributed by atoms with Gasteiger partial charge in [-0.25, -0.2) is 0 Å².